The van der Waals surface area contributed by atoms with Gasteiger partial charge in [0, 0.05) is 30.2 Å². The Labute approximate surface area is 177 Å². The summed E-state index contributed by atoms with van der Waals surface area (Å²) < 4.78 is 39.5. The van der Waals surface area contributed by atoms with Crippen LogP contribution in [0.25, 0.3) is 0 Å². The number of carbonyl (C=O) groups excluding carboxylic acids is 2. The van der Waals surface area contributed by atoms with Crippen LogP contribution in [0.5, 0.6) is 0 Å². The highest BCUT2D eigenvalue weighted by atomic mass is 19.1. The fourth-order valence-corrected chi connectivity index (χ4v) is 5.39. The monoisotopic (exact) mass is 428 g/mol. The van der Waals surface area contributed by atoms with Crippen molar-refractivity contribution in [1.82, 2.24) is 5.32 Å². The Kier molecular flexibility index (Phi) is 7.47. The molecule has 170 valence electrons. The van der Waals surface area contributed by atoms with Gasteiger partial charge in [0.05, 0.1) is 19.1 Å². The number of aliphatic imine (C=N–C) groups is 1. The van der Waals surface area contributed by atoms with Crippen LogP contribution in [0, 0.1) is 23.2 Å². The average Bonchev–Trinajstić information content (AvgIpc) is 2.72. The standard InChI is InChI=1S/C22H34F2N2O4/c1-13-10-15(4-6-17(13)23)26-21(28)16-5-7-18(24)22(2)14(8-9-30-20(16)22)11-25-12-19(27)29-3/h11,13-18,20H,4-10,12H2,1-3H3,(H,26,28)/b25-11+. The predicted octanol–water partition coefficient (Wildman–Crippen LogP) is 3.03. The van der Waals surface area contributed by atoms with Crippen molar-refractivity contribution in [3.05, 3.63) is 0 Å². The lowest BCUT2D eigenvalue weighted by Gasteiger charge is -2.53. The third-order valence-corrected chi connectivity index (χ3v) is 7.39. The maximum absolute atomic E-state index is 15.2. The highest BCUT2D eigenvalue weighted by molar-refractivity contribution is 5.80. The molecule has 3 aliphatic rings. The van der Waals surface area contributed by atoms with Crippen molar-refractivity contribution in [2.45, 2.75) is 76.9 Å². The Morgan fingerprint density at radius 3 is 2.70 bits per heavy atom. The second-order valence-corrected chi connectivity index (χ2v) is 9.28. The second kappa shape index (κ2) is 9.71. The third kappa shape index (κ3) is 4.68. The van der Waals surface area contributed by atoms with E-state index in [0.717, 1.165) is 0 Å². The minimum atomic E-state index is -1.12. The number of ether oxygens (including phenoxy) is 2. The number of esters is 1. The lowest BCUT2D eigenvalue weighted by molar-refractivity contribution is -0.180. The van der Waals surface area contributed by atoms with Gasteiger partial charge in [0.1, 0.15) is 18.9 Å². The van der Waals surface area contributed by atoms with Gasteiger partial charge in [-0.1, -0.05) is 13.8 Å². The van der Waals surface area contributed by atoms with Gasteiger partial charge in [-0.05, 0) is 44.4 Å². The molecule has 1 aliphatic heterocycles. The summed E-state index contributed by atoms with van der Waals surface area (Å²) in [5.74, 6) is -1.32. The van der Waals surface area contributed by atoms with Crippen LogP contribution in [-0.4, -0.2) is 62.8 Å². The van der Waals surface area contributed by atoms with Crippen molar-refractivity contribution in [3.63, 3.8) is 0 Å². The van der Waals surface area contributed by atoms with E-state index in [-0.39, 0.29) is 36.8 Å². The van der Waals surface area contributed by atoms with Crippen LogP contribution in [0.2, 0.25) is 0 Å². The number of alkyl halides is 2. The molecule has 0 aromatic rings. The number of nitrogens with one attached hydrogen (secondary N) is 1. The maximum atomic E-state index is 15.2. The van der Waals surface area contributed by atoms with Gasteiger partial charge in [0.25, 0.3) is 0 Å². The molecule has 0 bridgehead atoms. The molecule has 1 amide bonds. The average molecular weight is 429 g/mol. The van der Waals surface area contributed by atoms with Crippen molar-refractivity contribution in [1.29, 1.82) is 0 Å². The zero-order valence-corrected chi connectivity index (χ0v) is 18.1. The number of halogens is 2. The molecule has 2 saturated carbocycles. The topological polar surface area (TPSA) is 77.0 Å². The van der Waals surface area contributed by atoms with Gasteiger partial charge >= 0.3 is 5.97 Å². The molecular formula is C22H34F2N2O4. The quantitative estimate of drug-likeness (QED) is 0.539. The van der Waals surface area contributed by atoms with E-state index in [4.69, 9.17) is 4.74 Å². The molecule has 2 aliphatic carbocycles. The van der Waals surface area contributed by atoms with Crippen molar-refractivity contribution in [3.8, 4) is 0 Å². The molecule has 0 aromatic carbocycles. The molecule has 30 heavy (non-hydrogen) atoms. The molecule has 1 saturated heterocycles. The largest absolute Gasteiger partial charge is 0.468 e. The molecule has 8 atom stereocenters. The predicted molar refractivity (Wildman–Crippen MR) is 109 cm³/mol. The van der Waals surface area contributed by atoms with E-state index < -0.39 is 35.7 Å². The van der Waals surface area contributed by atoms with E-state index >= 15 is 4.39 Å². The highest BCUT2D eigenvalue weighted by Gasteiger charge is 2.57. The maximum Gasteiger partial charge on any atom is 0.327 e. The van der Waals surface area contributed by atoms with Gasteiger partial charge in [-0.3, -0.25) is 14.6 Å². The first-order chi connectivity index (χ1) is 14.3. The Morgan fingerprint density at radius 2 is 2.00 bits per heavy atom. The number of rotatable bonds is 5. The van der Waals surface area contributed by atoms with E-state index in [2.05, 4.69) is 15.0 Å². The van der Waals surface area contributed by atoms with Gasteiger partial charge in [0.15, 0.2) is 0 Å². The number of methoxy groups -OCH3 is 1. The molecule has 0 radical (unpaired) electrons. The Morgan fingerprint density at radius 1 is 1.23 bits per heavy atom. The first kappa shape index (κ1) is 23.1. The Balaban J connectivity index is 1.70. The SMILES string of the molecule is COC(=O)C/N=C/C1CCOC2C(C(=O)NC3CCC(F)C(C)C3)CCC(F)C12C. The summed E-state index contributed by atoms with van der Waals surface area (Å²) in [4.78, 5) is 28.6. The van der Waals surface area contributed by atoms with Crippen LogP contribution in [0.1, 0.15) is 52.4 Å². The van der Waals surface area contributed by atoms with Gasteiger partial charge in [0.2, 0.25) is 5.91 Å². The zero-order valence-electron chi connectivity index (χ0n) is 18.1. The van der Waals surface area contributed by atoms with Gasteiger partial charge in [-0.15, -0.1) is 0 Å². The summed E-state index contributed by atoms with van der Waals surface area (Å²) in [6, 6.07) is -0.0464. The lowest BCUT2D eigenvalue weighted by Crippen LogP contribution is -2.61. The van der Waals surface area contributed by atoms with Gasteiger partial charge in [-0.25, -0.2) is 8.78 Å². The fraction of sp³-hybridized carbons (Fsp3) is 0.864. The first-order valence-corrected chi connectivity index (χ1v) is 11.0. The molecule has 1 N–H and O–H groups in total. The number of hydrogen-bond donors (Lipinski definition) is 1. The summed E-state index contributed by atoms with van der Waals surface area (Å²) in [5, 5.41) is 3.08. The lowest BCUT2D eigenvalue weighted by atomic mass is 9.59. The van der Waals surface area contributed by atoms with E-state index in [9.17, 15) is 14.0 Å². The second-order valence-electron chi connectivity index (χ2n) is 9.28. The molecule has 8 unspecified atom stereocenters. The van der Waals surface area contributed by atoms with Crippen LogP contribution in [-0.2, 0) is 19.1 Å². The Bertz CT molecular complexity index is 661. The smallest absolute Gasteiger partial charge is 0.327 e. The normalized spacial score (nSPS) is 41.8. The summed E-state index contributed by atoms with van der Waals surface area (Å²) in [6.07, 6.45) is 2.15. The zero-order chi connectivity index (χ0) is 21.9. The van der Waals surface area contributed by atoms with Crippen molar-refractivity contribution in [2.24, 2.45) is 28.2 Å². The van der Waals surface area contributed by atoms with Crippen LogP contribution in [0.3, 0.4) is 0 Å². The third-order valence-electron chi connectivity index (χ3n) is 7.39. The summed E-state index contributed by atoms with van der Waals surface area (Å²) in [7, 11) is 1.30. The molecule has 8 heteroatoms. The fourth-order valence-electron chi connectivity index (χ4n) is 5.39. The van der Waals surface area contributed by atoms with E-state index in [1.807, 2.05) is 13.8 Å². The molecule has 1 heterocycles. The van der Waals surface area contributed by atoms with E-state index in [0.29, 0.717) is 38.7 Å². The minimum Gasteiger partial charge on any atom is -0.468 e. The molecule has 3 fully saturated rings. The van der Waals surface area contributed by atoms with Gasteiger partial charge < -0.3 is 14.8 Å². The minimum absolute atomic E-state index is 0.0464. The van der Waals surface area contributed by atoms with Crippen molar-refractivity contribution in [2.75, 3.05) is 20.3 Å². The molecule has 3 rings (SSSR count). The molecule has 0 aromatic heterocycles. The highest BCUT2D eigenvalue weighted by Crippen LogP contribution is 2.51. The number of hydrogen-bond acceptors (Lipinski definition) is 5. The summed E-state index contributed by atoms with van der Waals surface area (Å²) in [5.41, 5.74) is -0.887. The van der Waals surface area contributed by atoms with Crippen LogP contribution < -0.4 is 5.32 Å². The number of carbonyl (C=O) groups is 2. The van der Waals surface area contributed by atoms with Crippen molar-refractivity contribution < 1.29 is 27.8 Å². The first-order valence-electron chi connectivity index (χ1n) is 11.0. The molecule has 6 nitrogen and oxygen atoms in total. The summed E-state index contributed by atoms with van der Waals surface area (Å²) >= 11 is 0. The summed E-state index contributed by atoms with van der Waals surface area (Å²) in [6.45, 7) is 4.00. The number of nitrogens with zero attached hydrogens (tertiary/aromatic N) is 1. The van der Waals surface area contributed by atoms with E-state index in [1.165, 1.54) is 7.11 Å². The van der Waals surface area contributed by atoms with Crippen LogP contribution in [0.4, 0.5) is 8.78 Å². The van der Waals surface area contributed by atoms with Crippen LogP contribution >= 0.6 is 0 Å². The number of amides is 1. The van der Waals surface area contributed by atoms with Crippen molar-refractivity contribution >= 4 is 18.1 Å². The Hall–Kier alpha value is -1.57. The molecule has 0 spiro atoms. The molecular weight excluding hydrogens is 394 g/mol. The van der Waals surface area contributed by atoms with Gasteiger partial charge in [-0.2, -0.15) is 0 Å². The van der Waals surface area contributed by atoms with E-state index in [1.54, 1.807) is 6.21 Å². The number of fused-ring (bicyclic) bond motifs is 1. The van der Waals surface area contributed by atoms with Crippen LogP contribution in [0.15, 0.2) is 4.99 Å².